The van der Waals surface area contributed by atoms with E-state index in [0.29, 0.717) is 0 Å². The van der Waals surface area contributed by atoms with Gasteiger partial charge in [0.25, 0.3) is 11.8 Å². The summed E-state index contributed by atoms with van der Waals surface area (Å²) < 4.78 is 0. The molecule has 0 atom stereocenters. The van der Waals surface area contributed by atoms with Gasteiger partial charge in [0.2, 0.25) is 0 Å². The van der Waals surface area contributed by atoms with Crippen LogP contribution in [0.15, 0.2) is 30.0 Å². The number of carbonyl (C=O) groups excluding carboxylic acids is 2. The zero-order valence-corrected chi connectivity index (χ0v) is 12.1. The SMILES string of the molecule is O=C1C=C(Nc2ccc3c(c2)NCCNC3)C(=O)N1CCO. The summed E-state index contributed by atoms with van der Waals surface area (Å²) in [4.78, 5) is 24.8. The summed E-state index contributed by atoms with van der Waals surface area (Å²) in [6.45, 7) is 2.30. The van der Waals surface area contributed by atoms with Crippen LogP contribution >= 0.6 is 0 Å². The molecule has 0 aromatic heterocycles. The second-order valence-corrected chi connectivity index (χ2v) is 5.18. The monoisotopic (exact) mass is 302 g/mol. The molecule has 2 aliphatic heterocycles. The predicted octanol–water partition coefficient (Wildman–Crippen LogP) is -0.141. The minimum atomic E-state index is -0.413. The fourth-order valence-corrected chi connectivity index (χ4v) is 2.55. The third kappa shape index (κ3) is 2.81. The van der Waals surface area contributed by atoms with Gasteiger partial charge in [-0.2, -0.15) is 0 Å². The zero-order valence-electron chi connectivity index (χ0n) is 12.1. The van der Waals surface area contributed by atoms with E-state index in [4.69, 9.17) is 5.11 Å². The second-order valence-electron chi connectivity index (χ2n) is 5.18. The van der Waals surface area contributed by atoms with Crippen molar-refractivity contribution >= 4 is 23.2 Å². The second kappa shape index (κ2) is 6.17. The van der Waals surface area contributed by atoms with Gasteiger partial charge in [0.05, 0.1) is 13.2 Å². The molecule has 0 spiro atoms. The van der Waals surface area contributed by atoms with Crippen LogP contribution in [0.25, 0.3) is 0 Å². The lowest BCUT2D eigenvalue weighted by Gasteiger charge is -2.14. The molecule has 0 unspecified atom stereocenters. The van der Waals surface area contributed by atoms with E-state index in [0.717, 1.165) is 41.5 Å². The first-order valence-electron chi connectivity index (χ1n) is 7.22. The van der Waals surface area contributed by atoms with Crippen LogP contribution in [0.1, 0.15) is 5.56 Å². The molecule has 2 heterocycles. The third-order valence-corrected chi connectivity index (χ3v) is 3.65. The van der Waals surface area contributed by atoms with Crippen LogP contribution in [0.5, 0.6) is 0 Å². The minimum Gasteiger partial charge on any atom is -0.395 e. The highest BCUT2D eigenvalue weighted by Gasteiger charge is 2.30. The first-order valence-corrected chi connectivity index (χ1v) is 7.22. The van der Waals surface area contributed by atoms with Gasteiger partial charge in [-0.15, -0.1) is 0 Å². The Morgan fingerprint density at radius 1 is 1.27 bits per heavy atom. The van der Waals surface area contributed by atoms with Crippen molar-refractivity contribution in [2.45, 2.75) is 6.54 Å². The number of hydrogen-bond acceptors (Lipinski definition) is 6. The smallest absolute Gasteiger partial charge is 0.277 e. The molecular weight excluding hydrogens is 284 g/mol. The molecule has 116 valence electrons. The number of aliphatic hydroxyl groups excluding tert-OH is 1. The van der Waals surface area contributed by atoms with Crippen LogP contribution in [0.3, 0.4) is 0 Å². The molecule has 0 saturated heterocycles. The van der Waals surface area contributed by atoms with Crippen molar-refractivity contribution in [2.24, 2.45) is 0 Å². The maximum Gasteiger partial charge on any atom is 0.277 e. The predicted molar refractivity (Wildman–Crippen MR) is 82.1 cm³/mol. The Bertz CT molecular complexity index is 642. The Hall–Kier alpha value is -2.38. The lowest BCUT2D eigenvalue weighted by atomic mass is 10.1. The maximum absolute atomic E-state index is 12.1. The highest BCUT2D eigenvalue weighted by Crippen LogP contribution is 2.24. The Labute approximate surface area is 128 Å². The standard InChI is InChI=1S/C15H18N4O3/c20-6-5-19-14(21)8-13(15(19)22)18-11-2-1-10-9-16-3-4-17-12(10)7-11/h1-2,7-8,16-18,20H,3-6,9H2. The molecule has 0 aliphatic carbocycles. The van der Waals surface area contributed by atoms with Gasteiger partial charge in [-0.25, -0.2) is 0 Å². The lowest BCUT2D eigenvalue weighted by Crippen LogP contribution is -2.34. The maximum atomic E-state index is 12.1. The summed E-state index contributed by atoms with van der Waals surface area (Å²) in [5.41, 5.74) is 3.14. The van der Waals surface area contributed by atoms with E-state index in [9.17, 15) is 9.59 Å². The van der Waals surface area contributed by atoms with Crippen molar-refractivity contribution in [3.63, 3.8) is 0 Å². The van der Waals surface area contributed by atoms with Crippen LogP contribution in [0, 0.1) is 0 Å². The molecule has 0 bridgehead atoms. The quantitative estimate of drug-likeness (QED) is 0.578. The Morgan fingerprint density at radius 3 is 2.95 bits per heavy atom. The van der Waals surface area contributed by atoms with Gasteiger partial charge in [-0.3, -0.25) is 14.5 Å². The number of hydrogen-bond donors (Lipinski definition) is 4. The van der Waals surface area contributed by atoms with Gasteiger partial charge < -0.3 is 21.1 Å². The number of nitrogens with zero attached hydrogens (tertiary/aromatic N) is 1. The van der Waals surface area contributed by atoms with E-state index in [1.165, 1.54) is 6.08 Å². The highest BCUT2D eigenvalue weighted by molar-refractivity contribution is 6.17. The molecule has 1 aromatic rings. The number of benzene rings is 1. The molecule has 4 N–H and O–H groups in total. The van der Waals surface area contributed by atoms with Gasteiger partial charge >= 0.3 is 0 Å². The summed E-state index contributed by atoms with van der Waals surface area (Å²) >= 11 is 0. The molecule has 22 heavy (non-hydrogen) atoms. The van der Waals surface area contributed by atoms with Crippen molar-refractivity contribution in [2.75, 3.05) is 36.9 Å². The minimum absolute atomic E-state index is 0.0107. The molecule has 2 aliphatic rings. The van der Waals surface area contributed by atoms with Crippen LogP contribution in [0.4, 0.5) is 11.4 Å². The van der Waals surface area contributed by atoms with E-state index in [2.05, 4.69) is 16.0 Å². The van der Waals surface area contributed by atoms with Crippen molar-refractivity contribution < 1.29 is 14.7 Å². The summed E-state index contributed by atoms with van der Waals surface area (Å²) in [6, 6.07) is 5.78. The highest BCUT2D eigenvalue weighted by atomic mass is 16.3. The van der Waals surface area contributed by atoms with Crippen molar-refractivity contribution in [3.05, 3.63) is 35.5 Å². The first kappa shape index (κ1) is 14.6. The van der Waals surface area contributed by atoms with Gasteiger partial charge in [-0.1, -0.05) is 6.07 Å². The Kier molecular flexibility index (Phi) is 4.08. The zero-order chi connectivity index (χ0) is 15.5. The Morgan fingerprint density at radius 2 is 2.14 bits per heavy atom. The molecule has 7 heteroatoms. The molecule has 1 aromatic carbocycles. The van der Waals surface area contributed by atoms with Gasteiger partial charge in [0, 0.05) is 37.1 Å². The van der Waals surface area contributed by atoms with Crippen LogP contribution < -0.4 is 16.0 Å². The van der Waals surface area contributed by atoms with Gasteiger partial charge in [0.1, 0.15) is 5.70 Å². The molecule has 0 radical (unpaired) electrons. The number of rotatable bonds is 4. The fourth-order valence-electron chi connectivity index (χ4n) is 2.55. The number of nitrogens with one attached hydrogen (secondary N) is 3. The lowest BCUT2D eigenvalue weighted by molar-refractivity contribution is -0.137. The molecule has 2 amide bonds. The van der Waals surface area contributed by atoms with E-state index in [1.54, 1.807) is 0 Å². The van der Waals surface area contributed by atoms with Crippen molar-refractivity contribution in [1.82, 2.24) is 10.2 Å². The number of anilines is 2. The van der Waals surface area contributed by atoms with E-state index in [-0.39, 0.29) is 18.8 Å². The average Bonchev–Trinajstić information content (AvgIpc) is 2.71. The van der Waals surface area contributed by atoms with Crippen LogP contribution in [-0.2, 0) is 16.1 Å². The molecule has 0 saturated carbocycles. The Balaban J connectivity index is 1.76. The van der Waals surface area contributed by atoms with Gasteiger partial charge in [0.15, 0.2) is 0 Å². The third-order valence-electron chi connectivity index (χ3n) is 3.65. The summed E-state index contributed by atoms with van der Waals surface area (Å²) in [6.07, 6.45) is 1.26. The van der Waals surface area contributed by atoms with Crippen molar-refractivity contribution in [1.29, 1.82) is 0 Å². The summed E-state index contributed by atoms with van der Waals surface area (Å²) in [5.74, 6) is -0.817. The number of carbonyl (C=O) groups is 2. The summed E-state index contributed by atoms with van der Waals surface area (Å²) in [5, 5.41) is 18.5. The average molecular weight is 302 g/mol. The fraction of sp³-hybridized carbons (Fsp3) is 0.333. The topological polar surface area (TPSA) is 93.7 Å². The van der Waals surface area contributed by atoms with E-state index in [1.807, 2.05) is 18.2 Å². The number of fused-ring (bicyclic) bond motifs is 1. The molecule has 7 nitrogen and oxygen atoms in total. The molecule has 0 fully saturated rings. The number of imide groups is 1. The normalized spacial score (nSPS) is 17.7. The van der Waals surface area contributed by atoms with E-state index >= 15 is 0 Å². The number of β-amino-alcohol motifs (C(OH)–C–C–N with tert-alkyl or cyclic N) is 1. The summed E-state index contributed by atoms with van der Waals surface area (Å²) in [7, 11) is 0. The van der Waals surface area contributed by atoms with E-state index < -0.39 is 11.8 Å². The number of aliphatic hydroxyl groups is 1. The first-order chi connectivity index (χ1) is 10.7. The van der Waals surface area contributed by atoms with Crippen molar-refractivity contribution in [3.8, 4) is 0 Å². The van der Waals surface area contributed by atoms with Crippen LogP contribution in [-0.4, -0.2) is 48.1 Å². The number of amides is 2. The van der Waals surface area contributed by atoms with Crippen LogP contribution in [0.2, 0.25) is 0 Å². The van der Waals surface area contributed by atoms with Gasteiger partial charge in [-0.05, 0) is 17.7 Å². The largest absolute Gasteiger partial charge is 0.395 e. The molecular formula is C15H18N4O3. The molecule has 3 rings (SSSR count).